The van der Waals surface area contributed by atoms with Gasteiger partial charge in [-0.05, 0) is 37.9 Å². The molecule has 7 heteroatoms. The highest BCUT2D eigenvalue weighted by molar-refractivity contribution is 5.95. The summed E-state index contributed by atoms with van der Waals surface area (Å²) in [6.07, 6.45) is 2.74. The Balaban J connectivity index is 1.46. The van der Waals surface area contributed by atoms with Gasteiger partial charge in [0.15, 0.2) is 0 Å². The van der Waals surface area contributed by atoms with Gasteiger partial charge in [-0.2, -0.15) is 0 Å². The van der Waals surface area contributed by atoms with Crippen molar-refractivity contribution in [2.24, 2.45) is 11.8 Å². The lowest BCUT2D eigenvalue weighted by molar-refractivity contribution is -0.123. The van der Waals surface area contributed by atoms with Crippen LogP contribution in [0.25, 0.3) is 0 Å². The van der Waals surface area contributed by atoms with E-state index in [0.29, 0.717) is 36.1 Å². The molecule has 0 unspecified atom stereocenters. The van der Waals surface area contributed by atoms with Crippen molar-refractivity contribution < 1.29 is 19.1 Å². The number of ether oxygens (including phenoxy) is 2. The number of hydrogen-bond donors (Lipinski definition) is 1. The van der Waals surface area contributed by atoms with Gasteiger partial charge in [-0.25, -0.2) is 0 Å². The van der Waals surface area contributed by atoms with E-state index in [0.717, 1.165) is 38.9 Å². The average Bonchev–Trinajstić information content (AvgIpc) is 3.27. The van der Waals surface area contributed by atoms with Crippen LogP contribution in [0.3, 0.4) is 0 Å². The van der Waals surface area contributed by atoms with Crippen LogP contribution in [-0.2, 0) is 4.79 Å². The molecule has 3 fully saturated rings. The first-order chi connectivity index (χ1) is 14.0. The molecular weight excluding hydrogens is 370 g/mol. The number of carbonyl (C=O) groups excluding carboxylic acids is 2. The lowest BCUT2D eigenvalue weighted by Crippen LogP contribution is -2.56. The fraction of sp³-hybridized carbons (Fsp3) is 0.636. The minimum Gasteiger partial charge on any atom is -0.497 e. The zero-order valence-electron chi connectivity index (χ0n) is 17.6. The molecule has 1 aromatic rings. The second-order valence-electron chi connectivity index (χ2n) is 8.51. The van der Waals surface area contributed by atoms with E-state index < -0.39 is 0 Å². The van der Waals surface area contributed by atoms with Crippen LogP contribution in [0, 0.1) is 11.8 Å². The number of amides is 2. The number of benzene rings is 1. The third-order valence-electron chi connectivity index (χ3n) is 6.90. The fourth-order valence-corrected chi connectivity index (χ4v) is 5.36. The molecule has 2 atom stereocenters. The Hall–Kier alpha value is -2.28. The second-order valence-corrected chi connectivity index (χ2v) is 8.51. The van der Waals surface area contributed by atoms with E-state index in [9.17, 15) is 9.59 Å². The Bertz CT molecular complexity index is 766. The van der Waals surface area contributed by atoms with E-state index in [1.165, 1.54) is 0 Å². The molecule has 0 bridgehead atoms. The lowest BCUT2D eigenvalue weighted by atomic mass is 9.75. The van der Waals surface area contributed by atoms with Gasteiger partial charge in [0.1, 0.15) is 11.5 Å². The Labute approximate surface area is 172 Å². The highest BCUT2D eigenvalue weighted by Crippen LogP contribution is 2.44. The van der Waals surface area contributed by atoms with Crippen molar-refractivity contribution in [3.8, 4) is 11.5 Å². The van der Waals surface area contributed by atoms with Crippen LogP contribution in [0.1, 0.15) is 36.5 Å². The first-order valence-corrected chi connectivity index (χ1v) is 10.6. The standard InChI is InChI=1S/C22H31N3O4/c1-4-7-24-13-18-19(14-24)22(23-20(18)26)5-8-25(9-6-22)21(27)15-10-16(28-2)12-17(11-15)29-3/h10-12,18-19H,4-9,13-14H2,1-3H3,(H,23,26)/t18-,19+/m1/s1. The van der Waals surface area contributed by atoms with Gasteiger partial charge in [0.25, 0.3) is 5.91 Å². The summed E-state index contributed by atoms with van der Waals surface area (Å²) >= 11 is 0. The van der Waals surface area contributed by atoms with Crippen LogP contribution >= 0.6 is 0 Å². The van der Waals surface area contributed by atoms with Gasteiger partial charge in [0.05, 0.1) is 20.1 Å². The molecule has 1 spiro atoms. The van der Waals surface area contributed by atoms with Crippen molar-refractivity contribution >= 4 is 11.8 Å². The van der Waals surface area contributed by atoms with Gasteiger partial charge in [-0.3, -0.25) is 9.59 Å². The van der Waals surface area contributed by atoms with Crippen LogP contribution in [0.4, 0.5) is 0 Å². The molecule has 3 heterocycles. The number of nitrogens with one attached hydrogen (secondary N) is 1. The van der Waals surface area contributed by atoms with Crippen LogP contribution in [0.15, 0.2) is 18.2 Å². The molecule has 0 saturated carbocycles. The molecule has 2 amide bonds. The van der Waals surface area contributed by atoms with Gasteiger partial charge in [0, 0.05) is 49.3 Å². The van der Waals surface area contributed by atoms with Gasteiger partial charge < -0.3 is 24.6 Å². The molecular formula is C22H31N3O4. The van der Waals surface area contributed by atoms with Gasteiger partial charge in [0.2, 0.25) is 5.91 Å². The zero-order chi connectivity index (χ0) is 20.6. The number of carbonyl (C=O) groups is 2. The molecule has 158 valence electrons. The zero-order valence-corrected chi connectivity index (χ0v) is 17.6. The normalized spacial score (nSPS) is 25.8. The first-order valence-electron chi connectivity index (χ1n) is 10.6. The maximum Gasteiger partial charge on any atom is 0.254 e. The summed E-state index contributed by atoms with van der Waals surface area (Å²) in [4.78, 5) is 30.0. The van der Waals surface area contributed by atoms with Crippen LogP contribution < -0.4 is 14.8 Å². The number of piperidine rings is 1. The molecule has 1 N–H and O–H groups in total. The monoisotopic (exact) mass is 401 g/mol. The van der Waals surface area contributed by atoms with Crippen molar-refractivity contribution in [1.29, 1.82) is 0 Å². The van der Waals surface area contributed by atoms with Crippen LogP contribution in [0.2, 0.25) is 0 Å². The van der Waals surface area contributed by atoms with Gasteiger partial charge >= 0.3 is 0 Å². The molecule has 4 rings (SSSR count). The molecule has 3 aliphatic heterocycles. The quantitative estimate of drug-likeness (QED) is 0.814. The first kappa shape index (κ1) is 20.0. The predicted molar refractivity (Wildman–Crippen MR) is 109 cm³/mol. The number of likely N-dealkylation sites (tertiary alicyclic amines) is 2. The Morgan fingerprint density at radius 3 is 2.38 bits per heavy atom. The molecule has 3 aliphatic rings. The largest absolute Gasteiger partial charge is 0.497 e. The SMILES string of the molecule is CCCN1C[C@H]2C(=O)NC3(CCN(C(=O)c4cc(OC)cc(OC)c4)CC3)[C@H]2C1. The number of hydrogen-bond acceptors (Lipinski definition) is 5. The fourth-order valence-electron chi connectivity index (χ4n) is 5.36. The van der Waals surface area contributed by atoms with E-state index in [4.69, 9.17) is 9.47 Å². The third-order valence-corrected chi connectivity index (χ3v) is 6.90. The average molecular weight is 402 g/mol. The van der Waals surface area contributed by atoms with Crippen LogP contribution in [-0.4, -0.2) is 74.1 Å². The summed E-state index contributed by atoms with van der Waals surface area (Å²) in [5.74, 6) is 1.85. The van der Waals surface area contributed by atoms with Crippen LogP contribution in [0.5, 0.6) is 11.5 Å². The minimum absolute atomic E-state index is 0.0167. The summed E-state index contributed by atoms with van der Waals surface area (Å²) < 4.78 is 10.6. The number of rotatable bonds is 5. The number of methoxy groups -OCH3 is 2. The maximum absolute atomic E-state index is 13.1. The van der Waals surface area contributed by atoms with E-state index in [-0.39, 0.29) is 23.3 Å². The van der Waals surface area contributed by atoms with E-state index in [2.05, 4.69) is 17.1 Å². The minimum atomic E-state index is -0.160. The Morgan fingerprint density at radius 2 is 1.79 bits per heavy atom. The molecule has 3 saturated heterocycles. The van der Waals surface area contributed by atoms with Crippen molar-refractivity contribution in [1.82, 2.24) is 15.1 Å². The predicted octanol–water partition coefficient (Wildman–Crippen LogP) is 1.77. The molecule has 0 radical (unpaired) electrons. The van der Waals surface area contributed by atoms with Crippen molar-refractivity contribution in [2.45, 2.75) is 31.7 Å². The Morgan fingerprint density at radius 1 is 1.14 bits per heavy atom. The lowest BCUT2D eigenvalue weighted by Gasteiger charge is -2.42. The summed E-state index contributed by atoms with van der Waals surface area (Å²) in [5.41, 5.74) is 0.410. The number of nitrogens with zero attached hydrogens (tertiary/aromatic N) is 2. The number of fused-ring (bicyclic) bond motifs is 2. The highest BCUT2D eigenvalue weighted by atomic mass is 16.5. The van der Waals surface area contributed by atoms with Gasteiger partial charge in [-0.1, -0.05) is 6.92 Å². The topological polar surface area (TPSA) is 71.1 Å². The highest BCUT2D eigenvalue weighted by Gasteiger charge is 2.57. The van der Waals surface area contributed by atoms with Crippen molar-refractivity contribution in [2.75, 3.05) is 46.9 Å². The maximum atomic E-state index is 13.1. The van der Waals surface area contributed by atoms with E-state index >= 15 is 0 Å². The Kier molecular flexibility index (Phi) is 5.42. The molecule has 0 aromatic heterocycles. The molecule has 7 nitrogen and oxygen atoms in total. The molecule has 29 heavy (non-hydrogen) atoms. The van der Waals surface area contributed by atoms with E-state index in [1.54, 1.807) is 32.4 Å². The summed E-state index contributed by atoms with van der Waals surface area (Å²) in [6, 6.07) is 5.27. The third kappa shape index (κ3) is 3.56. The molecule has 0 aliphatic carbocycles. The van der Waals surface area contributed by atoms with Crippen molar-refractivity contribution in [3.63, 3.8) is 0 Å². The summed E-state index contributed by atoms with van der Waals surface area (Å²) in [7, 11) is 3.16. The van der Waals surface area contributed by atoms with Crippen molar-refractivity contribution in [3.05, 3.63) is 23.8 Å². The summed E-state index contributed by atoms with van der Waals surface area (Å²) in [6.45, 7) is 6.39. The molecule has 1 aromatic carbocycles. The summed E-state index contributed by atoms with van der Waals surface area (Å²) in [5, 5.41) is 3.33. The van der Waals surface area contributed by atoms with Gasteiger partial charge in [-0.15, -0.1) is 0 Å². The second kappa shape index (κ2) is 7.86. The van der Waals surface area contributed by atoms with E-state index in [1.807, 2.05) is 4.90 Å². The smallest absolute Gasteiger partial charge is 0.254 e.